The third-order valence-corrected chi connectivity index (χ3v) is 5.52. The number of hydrazone groups is 1. The molecule has 3 aromatic rings. The summed E-state index contributed by atoms with van der Waals surface area (Å²) in [7, 11) is 3.04. The Labute approximate surface area is 173 Å². The monoisotopic (exact) mass is 410 g/mol. The van der Waals surface area contributed by atoms with E-state index in [1.807, 2.05) is 29.6 Å². The van der Waals surface area contributed by atoms with Crippen molar-refractivity contribution in [3.63, 3.8) is 0 Å². The van der Waals surface area contributed by atoms with Crippen LogP contribution in [0.2, 0.25) is 0 Å². The minimum Gasteiger partial charge on any atom is -0.493 e. The van der Waals surface area contributed by atoms with Crippen molar-refractivity contribution in [2.45, 2.75) is 13.3 Å². The first-order chi connectivity index (χ1) is 14.0. The van der Waals surface area contributed by atoms with Crippen LogP contribution in [-0.2, 0) is 4.79 Å². The molecule has 6 nitrogen and oxygen atoms in total. The lowest BCUT2D eigenvalue weighted by molar-refractivity contribution is -0.124. The minimum atomic E-state index is -0.521. The Kier molecular flexibility index (Phi) is 6.61. The van der Waals surface area contributed by atoms with E-state index in [4.69, 9.17) is 9.47 Å². The molecule has 1 aromatic heterocycles. The number of carbonyl (C=O) groups is 2. The molecule has 0 aliphatic rings. The largest absolute Gasteiger partial charge is 0.493 e. The van der Waals surface area contributed by atoms with Gasteiger partial charge in [0.2, 0.25) is 5.91 Å². The molecule has 3 rings (SSSR count). The molecule has 0 unspecified atom stereocenters. The van der Waals surface area contributed by atoms with Gasteiger partial charge in [-0.3, -0.25) is 9.59 Å². The van der Waals surface area contributed by atoms with Gasteiger partial charge in [-0.15, -0.1) is 11.3 Å². The lowest BCUT2D eigenvalue weighted by Gasteiger charge is -2.11. The van der Waals surface area contributed by atoms with Gasteiger partial charge in [0.15, 0.2) is 17.3 Å². The smallest absolute Gasteiger partial charge is 0.243 e. The second-order valence-corrected chi connectivity index (χ2v) is 7.43. The molecule has 2 aromatic carbocycles. The summed E-state index contributed by atoms with van der Waals surface area (Å²) in [6.45, 7) is 1.70. The van der Waals surface area contributed by atoms with Crippen LogP contribution in [0.15, 0.2) is 52.9 Å². The zero-order valence-electron chi connectivity index (χ0n) is 16.5. The molecule has 0 spiro atoms. The number of benzene rings is 2. The molecule has 1 heterocycles. The molecule has 29 heavy (non-hydrogen) atoms. The summed E-state index contributed by atoms with van der Waals surface area (Å²) in [5.41, 5.74) is 3.93. The van der Waals surface area contributed by atoms with E-state index in [0.29, 0.717) is 17.1 Å². The van der Waals surface area contributed by atoms with Gasteiger partial charge in [-0.25, -0.2) is 5.43 Å². The third kappa shape index (κ3) is 4.81. The van der Waals surface area contributed by atoms with Crippen molar-refractivity contribution in [3.8, 4) is 11.5 Å². The molecule has 150 valence electrons. The lowest BCUT2D eigenvalue weighted by Crippen LogP contribution is -2.26. The summed E-state index contributed by atoms with van der Waals surface area (Å²) in [5, 5.41) is 7.13. The fourth-order valence-corrected chi connectivity index (χ4v) is 3.78. The zero-order chi connectivity index (χ0) is 20.8. The predicted octanol–water partition coefficient (Wildman–Crippen LogP) is 4.28. The maximum atomic E-state index is 12.5. The Morgan fingerprint density at radius 2 is 1.90 bits per heavy atom. The number of ether oxygens (including phenoxy) is 2. The van der Waals surface area contributed by atoms with Gasteiger partial charge in [-0.05, 0) is 24.3 Å². The van der Waals surface area contributed by atoms with E-state index >= 15 is 0 Å². The van der Waals surface area contributed by atoms with Crippen LogP contribution in [0.5, 0.6) is 11.5 Å². The second-order valence-electron chi connectivity index (χ2n) is 6.52. The average Bonchev–Trinajstić information content (AvgIpc) is 3.16. The van der Waals surface area contributed by atoms with Gasteiger partial charge in [-0.1, -0.05) is 25.1 Å². The van der Waals surface area contributed by atoms with Crippen molar-refractivity contribution in [2.75, 3.05) is 14.2 Å². The normalized spacial score (nSPS) is 12.1. The minimum absolute atomic E-state index is 0.0677. The van der Waals surface area contributed by atoms with E-state index in [1.165, 1.54) is 14.2 Å². The van der Waals surface area contributed by atoms with Crippen molar-refractivity contribution < 1.29 is 19.1 Å². The topological polar surface area (TPSA) is 77.0 Å². The Morgan fingerprint density at radius 1 is 1.14 bits per heavy atom. The molecule has 1 amide bonds. The van der Waals surface area contributed by atoms with Gasteiger partial charge < -0.3 is 9.47 Å². The number of fused-ring (bicyclic) bond motifs is 1. The fourth-order valence-electron chi connectivity index (χ4n) is 2.87. The molecule has 0 radical (unpaired) electrons. The number of ketones is 1. The Morgan fingerprint density at radius 3 is 2.66 bits per heavy atom. The number of rotatable bonds is 8. The molecule has 0 saturated carbocycles. The highest BCUT2D eigenvalue weighted by atomic mass is 32.1. The number of Topliss-reactive ketones (excluding diaryl/α,β-unsaturated/α-hetero) is 1. The highest BCUT2D eigenvalue weighted by Gasteiger charge is 2.19. The molecule has 0 aliphatic carbocycles. The highest BCUT2D eigenvalue weighted by molar-refractivity contribution is 7.17. The van der Waals surface area contributed by atoms with Crippen LogP contribution in [0, 0.1) is 5.92 Å². The third-order valence-electron chi connectivity index (χ3n) is 4.53. The predicted molar refractivity (Wildman–Crippen MR) is 115 cm³/mol. The van der Waals surface area contributed by atoms with Crippen LogP contribution in [0.3, 0.4) is 0 Å². The van der Waals surface area contributed by atoms with Crippen LogP contribution in [0.1, 0.15) is 29.3 Å². The van der Waals surface area contributed by atoms with Crippen molar-refractivity contribution in [2.24, 2.45) is 11.0 Å². The molecule has 0 fully saturated rings. The first-order valence-electron chi connectivity index (χ1n) is 9.08. The molecule has 0 saturated heterocycles. The van der Waals surface area contributed by atoms with Gasteiger partial charge in [0.05, 0.1) is 20.4 Å². The molecule has 1 N–H and O–H groups in total. The van der Waals surface area contributed by atoms with Crippen LogP contribution in [0.4, 0.5) is 0 Å². The number of nitrogens with one attached hydrogen (secondary N) is 1. The van der Waals surface area contributed by atoms with Gasteiger partial charge in [-0.2, -0.15) is 5.10 Å². The summed E-state index contributed by atoms with van der Waals surface area (Å²) in [6.07, 6.45) is 1.69. The van der Waals surface area contributed by atoms with E-state index in [2.05, 4.69) is 10.5 Å². The summed E-state index contributed by atoms with van der Waals surface area (Å²) in [5.74, 6) is 0.0381. The van der Waals surface area contributed by atoms with E-state index in [-0.39, 0.29) is 18.1 Å². The van der Waals surface area contributed by atoms with Gasteiger partial charge >= 0.3 is 0 Å². The van der Waals surface area contributed by atoms with Crippen LogP contribution < -0.4 is 14.9 Å². The lowest BCUT2D eigenvalue weighted by atomic mass is 9.99. The highest BCUT2D eigenvalue weighted by Crippen LogP contribution is 2.28. The maximum absolute atomic E-state index is 12.5. The number of carbonyl (C=O) groups excluding carboxylic acids is 2. The summed E-state index contributed by atoms with van der Waals surface area (Å²) >= 11 is 1.62. The molecule has 7 heteroatoms. The molecule has 1 atom stereocenters. The molecular formula is C22H22N2O4S. The summed E-state index contributed by atoms with van der Waals surface area (Å²) in [4.78, 5) is 24.8. The molecule has 0 bridgehead atoms. The first-order valence-corrected chi connectivity index (χ1v) is 9.95. The van der Waals surface area contributed by atoms with E-state index in [0.717, 1.165) is 15.6 Å². The first kappa shape index (κ1) is 20.5. The number of hydrogen-bond acceptors (Lipinski definition) is 6. The zero-order valence-corrected chi connectivity index (χ0v) is 17.3. The number of hydrogen-bond donors (Lipinski definition) is 1. The molecular weight excluding hydrogens is 388 g/mol. The Hall–Kier alpha value is -3.19. The van der Waals surface area contributed by atoms with Crippen LogP contribution >= 0.6 is 11.3 Å². The van der Waals surface area contributed by atoms with Gasteiger partial charge in [0.1, 0.15) is 0 Å². The Bertz CT molecular complexity index is 1060. The van der Waals surface area contributed by atoms with Gasteiger partial charge in [0, 0.05) is 38.9 Å². The summed E-state index contributed by atoms with van der Waals surface area (Å²) < 4.78 is 11.6. The average molecular weight is 410 g/mol. The maximum Gasteiger partial charge on any atom is 0.243 e. The summed E-state index contributed by atoms with van der Waals surface area (Å²) in [6, 6.07) is 13.0. The van der Waals surface area contributed by atoms with Crippen LogP contribution in [-0.4, -0.2) is 32.1 Å². The standard InChI is InChI=1S/C22H22N2O4S/c1-14(10-18(25)15-8-9-19(27-2)20(11-15)28-3)22(26)24-23-12-16-13-29-21-7-5-4-6-17(16)21/h4-9,11-14H,10H2,1-3H3,(H,24,26)/b23-12+/t14-/m0/s1. The fraction of sp³-hybridized carbons (Fsp3) is 0.227. The van der Waals surface area contributed by atoms with Crippen molar-refractivity contribution in [1.82, 2.24) is 5.43 Å². The SMILES string of the molecule is COc1ccc(C(=O)C[C@H](C)C(=O)N/N=C/c2csc3ccccc23)cc1OC. The van der Waals surface area contributed by atoms with E-state index in [9.17, 15) is 9.59 Å². The van der Waals surface area contributed by atoms with Crippen molar-refractivity contribution >= 4 is 39.3 Å². The van der Waals surface area contributed by atoms with Crippen molar-refractivity contribution in [1.29, 1.82) is 0 Å². The number of methoxy groups -OCH3 is 2. The number of nitrogens with zero attached hydrogens (tertiary/aromatic N) is 1. The van der Waals surface area contributed by atoms with Crippen molar-refractivity contribution in [3.05, 3.63) is 59.0 Å². The van der Waals surface area contributed by atoms with E-state index in [1.54, 1.807) is 42.7 Å². The Balaban J connectivity index is 1.59. The van der Waals surface area contributed by atoms with Gasteiger partial charge in [0.25, 0.3) is 0 Å². The number of thiophene rings is 1. The molecule has 0 aliphatic heterocycles. The number of amides is 1. The van der Waals surface area contributed by atoms with Crippen LogP contribution in [0.25, 0.3) is 10.1 Å². The second kappa shape index (κ2) is 9.34. The quantitative estimate of drug-likeness (QED) is 0.342. The van der Waals surface area contributed by atoms with E-state index < -0.39 is 5.92 Å².